The fraction of sp³-hybridized carbons (Fsp3) is 0.316. The number of hydrogen-bond donors (Lipinski definition) is 0. The van der Waals surface area contributed by atoms with Gasteiger partial charge in [0.2, 0.25) is 5.88 Å². The van der Waals surface area contributed by atoms with Gasteiger partial charge in [0.1, 0.15) is 30.0 Å². The number of fused-ring (bicyclic) bond motifs is 1. The van der Waals surface area contributed by atoms with Crippen LogP contribution in [0.15, 0.2) is 36.7 Å². The summed E-state index contributed by atoms with van der Waals surface area (Å²) in [4.78, 5) is 8.86. The van der Waals surface area contributed by atoms with Crippen LogP contribution < -0.4 is 4.74 Å². The van der Waals surface area contributed by atoms with Crippen molar-refractivity contribution >= 4 is 11.2 Å². The number of halogens is 1. The largest absolute Gasteiger partial charge is 0.469 e. The van der Waals surface area contributed by atoms with E-state index in [0.717, 1.165) is 18.4 Å². The number of para-hydroxylation sites is 1. The molecule has 3 heterocycles. The van der Waals surface area contributed by atoms with Crippen LogP contribution in [-0.2, 0) is 13.7 Å². The smallest absolute Gasteiger partial charge is 0.219 e. The summed E-state index contributed by atoms with van der Waals surface area (Å²) in [6.45, 7) is 0.246. The van der Waals surface area contributed by atoms with Crippen LogP contribution in [0.25, 0.3) is 16.9 Å². The molecule has 1 fully saturated rings. The highest BCUT2D eigenvalue weighted by Gasteiger charge is 2.26. The Labute approximate surface area is 160 Å². The van der Waals surface area contributed by atoms with Crippen LogP contribution >= 0.6 is 0 Å². The van der Waals surface area contributed by atoms with E-state index in [0.29, 0.717) is 34.5 Å². The number of benzene rings is 1. The molecule has 0 amide bonds. The standard InChI is InChI=1S/C19H18FN7O/c1-26-17(21-11-22-26)10-28-19-13(12-5-4-6-12)9-15-18(23-19)27(25-24-15)16-8-3-2-7-14(16)20/h2-3,7-9,11-12H,4-6,10H2,1H3. The predicted octanol–water partition coefficient (Wildman–Crippen LogP) is 2.93. The van der Waals surface area contributed by atoms with Gasteiger partial charge < -0.3 is 4.74 Å². The van der Waals surface area contributed by atoms with Crippen LogP contribution in [0.1, 0.15) is 36.6 Å². The number of aryl methyl sites for hydroxylation is 1. The molecule has 4 aromatic rings. The molecular formula is C19H18FN7O. The van der Waals surface area contributed by atoms with Crippen LogP contribution in [0, 0.1) is 5.82 Å². The first-order chi connectivity index (χ1) is 13.7. The molecule has 28 heavy (non-hydrogen) atoms. The van der Waals surface area contributed by atoms with Crippen molar-refractivity contribution < 1.29 is 9.13 Å². The van der Waals surface area contributed by atoms with Crippen molar-refractivity contribution in [1.29, 1.82) is 0 Å². The van der Waals surface area contributed by atoms with E-state index in [4.69, 9.17) is 4.74 Å². The monoisotopic (exact) mass is 379 g/mol. The number of nitrogens with zero attached hydrogens (tertiary/aromatic N) is 7. The molecule has 142 valence electrons. The first-order valence-electron chi connectivity index (χ1n) is 9.17. The molecule has 3 aromatic heterocycles. The lowest BCUT2D eigenvalue weighted by atomic mass is 9.80. The van der Waals surface area contributed by atoms with Crippen LogP contribution in [0.3, 0.4) is 0 Å². The molecule has 0 N–H and O–H groups in total. The maximum Gasteiger partial charge on any atom is 0.219 e. The van der Waals surface area contributed by atoms with E-state index in [1.54, 1.807) is 22.9 Å². The maximum atomic E-state index is 14.3. The van der Waals surface area contributed by atoms with Gasteiger partial charge in [-0.15, -0.1) is 5.10 Å². The molecule has 0 radical (unpaired) electrons. The summed E-state index contributed by atoms with van der Waals surface area (Å²) in [5.41, 5.74) is 2.40. The minimum absolute atomic E-state index is 0.246. The van der Waals surface area contributed by atoms with Gasteiger partial charge in [0.15, 0.2) is 11.5 Å². The second kappa shape index (κ2) is 6.66. The Morgan fingerprint density at radius 2 is 2.11 bits per heavy atom. The second-order valence-corrected chi connectivity index (χ2v) is 6.89. The minimum atomic E-state index is -0.388. The zero-order valence-electron chi connectivity index (χ0n) is 15.3. The summed E-state index contributed by atoms with van der Waals surface area (Å²) in [7, 11) is 1.81. The van der Waals surface area contributed by atoms with E-state index in [1.165, 1.54) is 23.5 Å². The van der Waals surface area contributed by atoms with Crippen molar-refractivity contribution in [1.82, 2.24) is 34.7 Å². The van der Waals surface area contributed by atoms with E-state index in [9.17, 15) is 4.39 Å². The van der Waals surface area contributed by atoms with Crippen molar-refractivity contribution in [3.8, 4) is 11.6 Å². The van der Waals surface area contributed by atoms with Gasteiger partial charge in [-0.05, 0) is 37.0 Å². The van der Waals surface area contributed by atoms with Gasteiger partial charge in [-0.1, -0.05) is 23.8 Å². The third-order valence-electron chi connectivity index (χ3n) is 5.19. The average Bonchev–Trinajstić information content (AvgIpc) is 3.24. The molecule has 0 atom stereocenters. The van der Waals surface area contributed by atoms with Gasteiger partial charge >= 0.3 is 0 Å². The van der Waals surface area contributed by atoms with Gasteiger partial charge in [0, 0.05) is 12.6 Å². The van der Waals surface area contributed by atoms with Crippen molar-refractivity contribution in [3.05, 3.63) is 53.9 Å². The Kier molecular flexibility index (Phi) is 4.00. The first-order valence-corrected chi connectivity index (χ1v) is 9.17. The number of ether oxygens (including phenoxy) is 1. The lowest BCUT2D eigenvalue weighted by Gasteiger charge is -2.26. The third kappa shape index (κ3) is 2.79. The van der Waals surface area contributed by atoms with Crippen molar-refractivity contribution in [2.75, 3.05) is 0 Å². The molecule has 9 heteroatoms. The molecule has 8 nitrogen and oxygen atoms in total. The fourth-order valence-corrected chi connectivity index (χ4v) is 3.35. The zero-order valence-corrected chi connectivity index (χ0v) is 15.3. The first kappa shape index (κ1) is 16.8. The summed E-state index contributed by atoms with van der Waals surface area (Å²) < 4.78 is 23.4. The number of pyridine rings is 1. The lowest BCUT2D eigenvalue weighted by Crippen LogP contribution is -2.13. The van der Waals surface area contributed by atoms with Crippen LogP contribution in [0.5, 0.6) is 5.88 Å². The zero-order chi connectivity index (χ0) is 19.1. The topological polar surface area (TPSA) is 83.5 Å². The van der Waals surface area contributed by atoms with Crippen LogP contribution in [-0.4, -0.2) is 34.7 Å². The average molecular weight is 379 g/mol. The van der Waals surface area contributed by atoms with Gasteiger partial charge in [-0.25, -0.2) is 9.37 Å². The van der Waals surface area contributed by atoms with Gasteiger partial charge in [0.05, 0.1) is 0 Å². The molecule has 1 aliphatic carbocycles. The normalized spacial score (nSPS) is 14.4. The highest BCUT2D eigenvalue weighted by atomic mass is 19.1. The molecular weight excluding hydrogens is 361 g/mol. The Balaban J connectivity index is 1.58. The van der Waals surface area contributed by atoms with Crippen molar-refractivity contribution in [3.63, 3.8) is 0 Å². The number of rotatable bonds is 5. The van der Waals surface area contributed by atoms with Crippen molar-refractivity contribution in [2.45, 2.75) is 31.8 Å². The lowest BCUT2D eigenvalue weighted by molar-refractivity contribution is 0.269. The summed E-state index contributed by atoms with van der Waals surface area (Å²) in [6, 6.07) is 8.38. The van der Waals surface area contributed by atoms with Crippen LogP contribution in [0.2, 0.25) is 0 Å². The molecule has 1 aromatic carbocycles. The molecule has 1 saturated carbocycles. The summed E-state index contributed by atoms with van der Waals surface area (Å²) in [5.74, 6) is 1.22. The Hall–Kier alpha value is -3.36. The number of aromatic nitrogens is 7. The minimum Gasteiger partial charge on any atom is -0.469 e. The SMILES string of the molecule is Cn1ncnc1COc1nc2c(cc1C1CCC1)nnn2-c1ccccc1F. The molecule has 0 saturated heterocycles. The Morgan fingerprint density at radius 1 is 1.25 bits per heavy atom. The maximum absolute atomic E-state index is 14.3. The Bertz CT molecular complexity index is 1150. The van der Waals surface area contributed by atoms with E-state index < -0.39 is 0 Å². The van der Waals surface area contributed by atoms with Gasteiger partial charge in [-0.2, -0.15) is 14.8 Å². The van der Waals surface area contributed by atoms with E-state index >= 15 is 0 Å². The van der Waals surface area contributed by atoms with Crippen molar-refractivity contribution in [2.24, 2.45) is 7.05 Å². The highest BCUT2D eigenvalue weighted by molar-refractivity contribution is 5.74. The Morgan fingerprint density at radius 3 is 2.82 bits per heavy atom. The van der Waals surface area contributed by atoms with Gasteiger partial charge in [-0.3, -0.25) is 4.68 Å². The number of hydrogen-bond acceptors (Lipinski definition) is 6. The molecule has 0 bridgehead atoms. The molecule has 0 unspecified atom stereocenters. The quantitative estimate of drug-likeness (QED) is 0.530. The van der Waals surface area contributed by atoms with Crippen LogP contribution in [0.4, 0.5) is 4.39 Å². The third-order valence-corrected chi connectivity index (χ3v) is 5.19. The summed E-state index contributed by atoms with van der Waals surface area (Å²) in [5, 5.41) is 12.4. The molecule has 0 spiro atoms. The molecule has 5 rings (SSSR count). The van der Waals surface area contributed by atoms with E-state index in [1.807, 2.05) is 13.1 Å². The summed E-state index contributed by atoms with van der Waals surface area (Å²) in [6.07, 6.45) is 4.86. The predicted molar refractivity (Wildman–Crippen MR) is 98.5 cm³/mol. The fourth-order valence-electron chi connectivity index (χ4n) is 3.35. The van der Waals surface area contributed by atoms with E-state index in [2.05, 4.69) is 25.4 Å². The highest BCUT2D eigenvalue weighted by Crippen LogP contribution is 2.41. The van der Waals surface area contributed by atoms with E-state index in [-0.39, 0.29) is 12.4 Å². The molecule has 1 aliphatic rings. The van der Waals surface area contributed by atoms with Gasteiger partial charge in [0.25, 0.3) is 0 Å². The molecule has 0 aliphatic heterocycles. The second-order valence-electron chi connectivity index (χ2n) is 6.89. The summed E-state index contributed by atoms with van der Waals surface area (Å²) >= 11 is 0.